The SMILES string of the molecule is C[C@@H]1O[C@@H](OC[C@@H]2O[C@@H](Oc3c(-c4ccc(O)c(O)c4)oc4cc(O)cc(O)c4c3=O)[C@@H](O)[C@H](O)[C@H]2O)[C@H](O)[C@@H](O)[C@H]1O[C@@H]1O[C@H](C)[C@H](O)[C@H](O)[C@H]1O. The van der Waals surface area contributed by atoms with E-state index in [0.717, 1.165) is 24.3 Å². The second-order valence-electron chi connectivity index (χ2n) is 13.1. The summed E-state index contributed by atoms with van der Waals surface area (Å²) in [6, 6.07) is 5.16. The molecule has 53 heavy (non-hydrogen) atoms. The molecule has 2 aromatic carbocycles. The fraction of sp³-hybridized carbons (Fsp3) is 0.545. The molecule has 6 rings (SSSR count). The van der Waals surface area contributed by atoms with Crippen LogP contribution in [0, 0.1) is 0 Å². The predicted molar refractivity (Wildman–Crippen MR) is 171 cm³/mol. The number of aromatic hydroxyl groups is 4. The number of phenolic OH excluding ortho intramolecular Hbond substituents is 4. The number of phenols is 4. The van der Waals surface area contributed by atoms with E-state index < -0.39 is 144 Å². The zero-order valence-electron chi connectivity index (χ0n) is 27.9. The zero-order valence-corrected chi connectivity index (χ0v) is 27.9. The average Bonchev–Trinajstić information content (AvgIpc) is 3.11. The highest BCUT2D eigenvalue weighted by atomic mass is 16.7. The van der Waals surface area contributed by atoms with Crippen LogP contribution in [0.5, 0.6) is 28.7 Å². The van der Waals surface area contributed by atoms with E-state index in [4.69, 9.17) is 32.8 Å². The molecule has 3 saturated heterocycles. The van der Waals surface area contributed by atoms with Gasteiger partial charge in [-0.25, -0.2) is 0 Å². The van der Waals surface area contributed by atoms with Gasteiger partial charge in [-0.2, -0.15) is 0 Å². The van der Waals surface area contributed by atoms with E-state index in [1.54, 1.807) is 0 Å². The Morgan fingerprint density at radius 3 is 1.98 bits per heavy atom. The molecule has 12 N–H and O–H groups in total. The molecule has 0 radical (unpaired) electrons. The smallest absolute Gasteiger partial charge is 0.239 e. The van der Waals surface area contributed by atoms with Crippen molar-refractivity contribution < 1.29 is 94.1 Å². The maximum absolute atomic E-state index is 13.7. The third kappa shape index (κ3) is 7.34. The molecule has 20 nitrogen and oxygen atoms in total. The van der Waals surface area contributed by atoms with Crippen LogP contribution in [0.4, 0.5) is 0 Å². The Bertz CT molecular complexity index is 1830. The van der Waals surface area contributed by atoms with Gasteiger partial charge in [0.25, 0.3) is 0 Å². The highest BCUT2D eigenvalue weighted by Gasteiger charge is 2.51. The number of aliphatic hydroxyl groups is 8. The highest BCUT2D eigenvalue weighted by molar-refractivity contribution is 5.88. The fourth-order valence-corrected chi connectivity index (χ4v) is 6.30. The summed E-state index contributed by atoms with van der Waals surface area (Å²) in [6.45, 7) is 2.16. The molecule has 3 aliphatic heterocycles. The summed E-state index contributed by atoms with van der Waals surface area (Å²) in [5.74, 6) is -3.50. The number of rotatable bonds is 8. The van der Waals surface area contributed by atoms with Crippen LogP contribution in [-0.2, 0) is 23.7 Å². The van der Waals surface area contributed by atoms with E-state index in [1.165, 1.54) is 19.9 Å². The second-order valence-corrected chi connectivity index (χ2v) is 13.1. The van der Waals surface area contributed by atoms with Gasteiger partial charge < -0.3 is 94.1 Å². The summed E-state index contributed by atoms with van der Waals surface area (Å²) >= 11 is 0. The molecule has 0 spiro atoms. The van der Waals surface area contributed by atoms with E-state index in [2.05, 4.69) is 0 Å². The Morgan fingerprint density at radius 1 is 0.642 bits per heavy atom. The molecule has 3 aromatic rings. The van der Waals surface area contributed by atoms with Crippen molar-refractivity contribution >= 4 is 11.0 Å². The molecule has 0 aliphatic carbocycles. The molecule has 0 bridgehead atoms. The Morgan fingerprint density at radius 2 is 1.28 bits per heavy atom. The molecule has 0 unspecified atom stereocenters. The topological polar surface area (TPSA) is 328 Å². The van der Waals surface area contributed by atoms with Crippen LogP contribution >= 0.6 is 0 Å². The van der Waals surface area contributed by atoms with Crippen molar-refractivity contribution in [2.75, 3.05) is 6.61 Å². The van der Waals surface area contributed by atoms with Crippen molar-refractivity contribution in [3.05, 3.63) is 40.6 Å². The van der Waals surface area contributed by atoms with Crippen LogP contribution in [0.25, 0.3) is 22.3 Å². The lowest BCUT2D eigenvalue weighted by atomic mass is 9.97. The molecule has 0 saturated carbocycles. The van der Waals surface area contributed by atoms with Gasteiger partial charge in [0.15, 0.2) is 29.8 Å². The van der Waals surface area contributed by atoms with Crippen LogP contribution in [0.3, 0.4) is 0 Å². The minimum Gasteiger partial charge on any atom is -0.508 e. The number of hydrogen-bond donors (Lipinski definition) is 12. The number of fused-ring (bicyclic) bond motifs is 1. The standard InChI is InChI=1S/C33H40O20/c1-9-19(38)22(41)25(44)32(48-9)52-28-10(2)49-31(27(46)24(28)43)47-8-17-20(39)23(42)26(45)33(51-17)53-30-21(40)18-15(37)6-12(34)7-16(18)50-29(30)11-3-4-13(35)14(36)5-11/h3-7,9-10,17,19-20,22-28,31-39,41-46H,8H2,1-2H3/t9-,10+,17+,19+,20+,22+,23-,24-,25-,26+,27-,28+,31-,32+,33+/m1/s1. The minimum atomic E-state index is -2.03. The van der Waals surface area contributed by atoms with E-state index in [0.29, 0.717) is 0 Å². The summed E-state index contributed by atoms with van der Waals surface area (Å²) in [4.78, 5) is 13.7. The zero-order chi connectivity index (χ0) is 38.6. The van der Waals surface area contributed by atoms with Gasteiger partial charge in [-0.1, -0.05) is 0 Å². The molecule has 20 heteroatoms. The van der Waals surface area contributed by atoms with Gasteiger partial charge in [0.05, 0.1) is 18.8 Å². The van der Waals surface area contributed by atoms with Crippen LogP contribution < -0.4 is 10.2 Å². The molecule has 292 valence electrons. The summed E-state index contributed by atoms with van der Waals surface area (Å²) in [5, 5.41) is 124. The first-order valence-electron chi connectivity index (χ1n) is 16.4. The number of hydrogen-bond acceptors (Lipinski definition) is 20. The normalized spacial score (nSPS) is 37.8. The van der Waals surface area contributed by atoms with Gasteiger partial charge in [0.1, 0.15) is 83.5 Å². The van der Waals surface area contributed by atoms with Crippen molar-refractivity contribution in [3.8, 4) is 40.1 Å². The lowest BCUT2D eigenvalue weighted by molar-refractivity contribution is -0.357. The third-order valence-electron chi connectivity index (χ3n) is 9.36. The Hall–Kier alpha value is -3.87. The third-order valence-corrected chi connectivity index (χ3v) is 9.36. The van der Waals surface area contributed by atoms with Crippen molar-refractivity contribution in [1.29, 1.82) is 0 Å². The van der Waals surface area contributed by atoms with Gasteiger partial charge in [0, 0.05) is 17.7 Å². The maximum Gasteiger partial charge on any atom is 0.239 e. The first kappa shape index (κ1) is 38.8. The first-order chi connectivity index (χ1) is 25.0. The fourth-order valence-electron chi connectivity index (χ4n) is 6.30. The lowest BCUT2D eigenvalue weighted by Crippen LogP contribution is -2.63. The maximum atomic E-state index is 13.7. The molecule has 4 heterocycles. The lowest BCUT2D eigenvalue weighted by Gasteiger charge is -2.46. The summed E-state index contributed by atoms with van der Waals surface area (Å²) in [7, 11) is 0. The summed E-state index contributed by atoms with van der Waals surface area (Å²) < 4.78 is 39.5. The second kappa shape index (κ2) is 15.1. The number of benzene rings is 2. The van der Waals surface area contributed by atoms with Crippen molar-refractivity contribution in [2.24, 2.45) is 0 Å². The Kier molecular flexibility index (Phi) is 11.1. The van der Waals surface area contributed by atoms with Crippen LogP contribution in [0.2, 0.25) is 0 Å². The van der Waals surface area contributed by atoms with Gasteiger partial charge in [0.2, 0.25) is 17.5 Å². The first-order valence-corrected chi connectivity index (χ1v) is 16.4. The largest absolute Gasteiger partial charge is 0.508 e. The van der Waals surface area contributed by atoms with Crippen molar-refractivity contribution in [2.45, 2.75) is 106 Å². The molecular formula is C33H40O20. The molecule has 3 fully saturated rings. The van der Waals surface area contributed by atoms with E-state index in [-0.39, 0.29) is 11.1 Å². The van der Waals surface area contributed by atoms with Crippen LogP contribution in [-0.4, -0.2) is 160 Å². The monoisotopic (exact) mass is 756 g/mol. The Balaban J connectivity index is 1.20. The quantitative estimate of drug-likeness (QED) is 0.103. The number of aliphatic hydroxyl groups excluding tert-OH is 8. The van der Waals surface area contributed by atoms with Crippen LogP contribution in [0.1, 0.15) is 13.8 Å². The predicted octanol–water partition coefficient (Wildman–Crippen LogP) is -2.84. The van der Waals surface area contributed by atoms with Crippen LogP contribution in [0.15, 0.2) is 39.5 Å². The van der Waals surface area contributed by atoms with E-state index in [9.17, 15) is 66.1 Å². The molecule has 3 aliphatic rings. The van der Waals surface area contributed by atoms with E-state index in [1.807, 2.05) is 0 Å². The number of ether oxygens (including phenoxy) is 6. The average molecular weight is 757 g/mol. The summed E-state index contributed by atoms with van der Waals surface area (Å²) in [5.41, 5.74) is -1.44. The van der Waals surface area contributed by atoms with E-state index >= 15 is 0 Å². The van der Waals surface area contributed by atoms with Gasteiger partial charge >= 0.3 is 0 Å². The molecule has 0 amide bonds. The Labute approximate surface area is 298 Å². The van der Waals surface area contributed by atoms with Crippen molar-refractivity contribution in [1.82, 2.24) is 0 Å². The molecular weight excluding hydrogens is 716 g/mol. The van der Waals surface area contributed by atoms with Gasteiger partial charge in [-0.05, 0) is 32.0 Å². The molecule has 1 aromatic heterocycles. The highest BCUT2D eigenvalue weighted by Crippen LogP contribution is 2.40. The van der Waals surface area contributed by atoms with Crippen molar-refractivity contribution in [3.63, 3.8) is 0 Å². The minimum absolute atomic E-state index is 0.0610. The summed E-state index contributed by atoms with van der Waals surface area (Å²) in [6.07, 6.45) is -24.2. The molecule has 15 atom stereocenters. The van der Waals surface area contributed by atoms with Gasteiger partial charge in [-0.3, -0.25) is 4.79 Å². The van der Waals surface area contributed by atoms with Gasteiger partial charge in [-0.15, -0.1) is 0 Å².